The fraction of sp³-hybridized carbons (Fsp3) is 0.294. The lowest BCUT2D eigenvalue weighted by molar-refractivity contribution is -0.386. The first-order valence-electron chi connectivity index (χ1n) is 8.18. The highest BCUT2D eigenvalue weighted by atomic mass is 32.2. The van der Waals surface area contributed by atoms with Crippen LogP contribution < -0.4 is 14.2 Å². The molecule has 0 bridgehead atoms. The number of nitrogens with zero attached hydrogens (tertiary/aromatic N) is 1. The van der Waals surface area contributed by atoms with E-state index in [2.05, 4.69) is 4.72 Å². The van der Waals surface area contributed by atoms with Gasteiger partial charge in [0.25, 0.3) is 10.0 Å². The lowest BCUT2D eigenvalue weighted by Gasteiger charge is -2.14. The van der Waals surface area contributed by atoms with Crippen LogP contribution in [-0.2, 0) is 16.4 Å². The molecule has 3 rings (SSSR count). The van der Waals surface area contributed by atoms with Crippen LogP contribution in [0.1, 0.15) is 19.4 Å². The highest BCUT2D eigenvalue weighted by Crippen LogP contribution is 2.39. The van der Waals surface area contributed by atoms with Crippen molar-refractivity contribution in [2.45, 2.75) is 31.3 Å². The topological polar surface area (TPSA) is 128 Å². The van der Waals surface area contributed by atoms with Gasteiger partial charge in [0.2, 0.25) is 0 Å². The highest BCUT2D eigenvalue weighted by Gasteiger charge is 2.26. The Hall–Kier alpha value is -3.01. The van der Waals surface area contributed by atoms with Crippen LogP contribution in [0.4, 0.5) is 11.4 Å². The summed E-state index contributed by atoms with van der Waals surface area (Å²) in [5.41, 5.74) is 0.378. The molecule has 0 saturated carbocycles. The Balaban J connectivity index is 2.00. The average molecular weight is 394 g/mol. The smallest absolute Gasteiger partial charge is 0.312 e. The van der Waals surface area contributed by atoms with E-state index in [1.54, 1.807) is 13.0 Å². The molecule has 0 saturated heterocycles. The number of phenolic OH excluding ortho intramolecular Hbond substituents is 1. The molecule has 0 unspecified atom stereocenters. The number of aromatic hydroxyl groups is 1. The molecule has 0 aromatic heterocycles. The predicted octanol–water partition coefficient (Wildman–Crippen LogP) is 2.82. The fourth-order valence-electron chi connectivity index (χ4n) is 2.81. The standard InChI is InChI=1S/C17H18N2O7S/c1-3-25-17-7-11-6-10(2)26-16(11)9-13(17)18-27(23,24)12-4-5-15(20)14(8-12)19(21)22/h4-5,7-10,18,20H,3,6H2,1-2H3/t10-/m1/s1. The summed E-state index contributed by atoms with van der Waals surface area (Å²) in [7, 11) is -4.16. The lowest BCUT2D eigenvalue weighted by atomic mass is 10.1. The molecule has 1 aliphatic heterocycles. The molecule has 144 valence electrons. The number of nitrogens with one attached hydrogen (secondary N) is 1. The number of hydrogen-bond donors (Lipinski definition) is 2. The van der Waals surface area contributed by atoms with Gasteiger partial charge in [0, 0.05) is 24.1 Å². The molecule has 2 aromatic carbocycles. The Morgan fingerprint density at radius 2 is 2.11 bits per heavy atom. The monoisotopic (exact) mass is 394 g/mol. The third-order valence-electron chi connectivity index (χ3n) is 4.00. The first-order valence-corrected chi connectivity index (χ1v) is 9.66. The Kier molecular flexibility index (Phi) is 4.83. The van der Waals surface area contributed by atoms with Crippen LogP contribution in [0.25, 0.3) is 0 Å². The number of phenols is 1. The van der Waals surface area contributed by atoms with Crippen molar-refractivity contribution >= 4 is 21.4 Å². The third kappa shape index (κ3) is 3.75. The summed E-state index contributed by atoms with van der Waals surface area (Å²) in [6, 6.07) is 6.10. The van der Waals surface area contributed by atoms with E-state index in [1.165, 1.54) is 6.07 Å². The summed E-state index contributed by atoms with van der Waals surface area (Å²) < 4.78 is 39.0. The van der Waals surface area contributed by atoms with Crippen molar-refractivity contribution < 1.29 is 27.9 Å². The Bertz CT molecular complexity index is 1000. The van der Waals surface area contributed by atoms with E-state index >= 15 is 0 Å². The molecule has 0 aliphatic carbocycles. The van der Waals surface area contributed by atoms with E-state index in [1.807, 2.05) is 6.92 Å². The molecule has 1 heterocycles. The fourth-order valence-corrected chi connectivity index (χ4v) is 3.90. The molecule has 27 heavy (non-hydrogen) atoms. The molecular weight excluding hydrogens is 376 g/mol. The number of nitro benzene ring substituents is 1. The van der Waals surface area contributed by atoms with Crippen molar-refractivity contribution in [2.75, 3.05) is 11.3 Å². The molecule has 10 heteroatoms. The molecule has 1 aliphatic rings. The predicted molar refractivity (Wildman–Crippen MR) is 97.0 cm³/mol. The van der Waals surface area contributed by atoms with Gasteiger partial charge in [-0.15, -0.1) is 0 Å². The van der Waals surface area contributed by atoms with Crippen LogP contribution in [0.15, 0.2) is 35.2 Å². The number of hydrogen-bond acceptors (Lipinski definition) is 7. The van der Waals surface area contributed by atoms with Gasteiger partial charge in [0.15, 0.2) is 5.75 Å². The van der Waals surface area contributed by atoms with Gasteiger partial charge in [0.1, 0.15) is 17.6 Å². The van der Waals surface area contributed by atoms with E-state index < -0.39 is 26.4 Å². The number of sulfonamides is 1. The summed E-state index contributed by atoms with van der Waals surface area (Å²) in [6.45, 7) is 4.00. The SMILES string of the molecule is CCOc1cc2c(cc1NS(=O)(=O)c1ccc(O)c([N+](=O)[O-])c1)O[C@H](C)C2. The normalized spacial score (nSPS) is 15.7. The van der Waals surface area contributed by atoms with Crippen molar-refractivity contribution in [2.24, 2.45) is 0 Å². The molecule has 0 fully saturated rings. The van der Waals surface area contributed by atoms with Crippen molar-refractivity contribution in [1.82, 2.24) is 0 Å². The van der Waals surface area contributed by atoms with Gasteiger partial charge in [-0.25, -0.2) is 8.42 Å². The van der Waals surface area contributed by atoms with Gasteiger partial charge in [-0.3, -0.25) is 14.8 Å². The molecule has 0 amide bonds. The largest absolute Gasteiger partial charge is 0.502 e. The second-order valence-corrected chi connectivity index (χ2v) is 7.72. The maximum absolute atomic E-state index is 12.7. The van der Waals surface area contributed by atoms with Gasteiger partial charge in [-0.2, -0.15) is 0 Å². The van der Waals surface area contributed by atoms with Crippen molar-refractivity contribution in [3.8, 4) is 17.2 Å². The minimum Gasteiger partial charge on any atom is -0.502 e. The molecule has 1 atom stereocenters. The number of ether oxygens (including phenoxy) is 2. The zero-order valence-electron chi connectivity index (χ0n) is 14.6. The zero-order valence-corrected chi connectivity index (χ0v) is 15.4. The first-order chi connectivity index (χ1) is 12.7. The summed E-state index contributed by atoms with van der Waals surface area (Å²) in [5, 5.41) is 20.5. The van der Waals surface area contributed by atoms with E-state index in [4.69, 9.17) is 9.47 Å². The van der Waals surface area contributed by atoms with Crippen LogP contribution in [0.3, 0.4) is 0 Å². The molecule has 2 N–H and O–H groups in total. The average Bonchev–Trinajstić information content (AvgIpc) is 2.94. The number of benzene rings is 2. The summed E-state index contributed by atoms with van der Waals surface area (Å²) in [4.78, 5) is 9.74. The first kappa shape index (κ1) is 18.8. The minimum atomic E-state index is -4.16. The maximum atomic E-state index is 12.7. The van der Waals surface area contributed by atoms with E-state index in [9.17, 15) is 23.6 Å². The second-order valence-electron chi connectivity index (χ2n) is 6.03. The summed E-state index contributed by atoms with van der Waals surface area (Å²) in [5.74, 6) is 0.278. The van der Waals surface area contributed by atoms with Crippen LogP contribution in [0, 0.1) is 10.1 Å². The van der Waals surface area contributed by atoms with Gasteiger partial charge in [-0.1, -0.05) is 0 Å². The van der Waals surface area contributed by atoms with Crippen molar-refractivity contribution in [3.05, 3.63) is 46.0 Å². The van der Waals surface area contributed by atoms with Crippen molar-refractivity contribution in [1.29, 1.82) is 0 Å². The van der Waals surface area contributed by atoms with E-state index in [-0.39, 0.29) is 16.7 Å². The van der Waals surface area contributed by atoms with Crippen molar-refractivity contribution in [3.63, 3.8) is 0 Å². The number of rotatable bonds is 6. The van der Waals surface area contributed by atoms with Gasteiger partial charge in [-0.05, 0) is 32.0 Å². The highest BCUT2D eigenvalue weighted by molar-refractivity contribution is 7.92. The number of anilines is 1. The molecule has 0 spiro atoms. The zero-order chi connectivity index (χ0) is 19.8. The van der Waals surface area contributed by atoms with Crippen LogP contribution in [-0.4, -0.2) is 31.2 Å². The van der Waals surface area contributed by atoms with E-state index in [0.717, 1.165) is 23.8 Å². The molecule has 0 radical (unpaired) electrons. The quantitative estimate of drug-likeness (QED) is 0.569. The molecule has 9 nitrogen and oxygen atoms in total. The summed E-state index contributed by atoms with van der Waals surface area (Å²) in [6.07, 6.45) is 0.660. The minimum absolute atomic E-state index is 0.0268. The lowest BCUT2D eigenvalue weighted by Crippen LogP contribution is -2.14. The van der Waals surface area contributed by atoms with Crippen LogP contribution in [0.5, 0.6) is 17.2 Å². The van der Waals surface area contributed by atoms with Gasteiger partial charge < -0.3 is 14.6 Å². The van der Waals surface area contributed by atoms with Gasteiger partial charge in [0.05, 0.1) is 22.1 Å². The molecule has 2 aromatic rings. The Labute approximate surface area is 155 Å². The number of nitro groups is 1. The van der Waals surface area contributed by atoms with Gasteiger partial charge >= 0.3 is 5.69 Å². The Morgan fingerprint density at radius 1 is 1.37 bits per heavy atom. The number of fused-ring (bicyclic) bond motifs is 1. The van der Waals surface area contributed by atoms with Crippen LogP contribution in [0.2, 0.25) is 0 Å². The second kappa shape index (κ2) is 6.95. The molecular formula is C17H18N2O7S. The van der Waals surface area contributed by atoms with E-state index in [0.29, 0.717) is 24.5 Å². The maximum Gasteiger partial charge on any atom is 0.312 e. The summed E-state index contributed by atoms with van der Waals surface area (Å²) >= 11 is 0. The third-order valence-corrected chi connectivity index (χ3v) is 5.36. The Morgan fingerprint density at radius 3 is 2.78 bits per heavy atom. The van der Waals surface area contributed by atoms with Crippen LogP contribution >= 0.6 is 0 Å².